The third kappa shape index (κ3) is 7.49. The lowest BCUT2D eigenvalue weighted by molar-refractivity contribution is -0.146. The Morgan fingerprint density at radius 1 is 1.09 bits per heavy atom. The van der Waals surface area contributed by atoms with Crippen LogP contribution in [0.3, 0.4) is 0 Å². The summed E-state index contributed by atoms with van der Waals surface area (Å²) in [6.45, 7) is 10.9. The molecule has 0 bridgehead atoms. The Bertz CT molecular complexity index is 1110. The maximum atomic E-state index is 11.5. The van der Waals surface area contributed by atoms with E-state index in [4.69, 9.17) is 0 Å². The molecule has 0 saturated heterocycles. The molecule has 1 heterocycles. The first kappa shape index (κ1) is 26.1. The fourth-order valence-electron chi connectivity index (χ4n) is 4.12. The number of aliphatic carboxylic acids is 1. The molecule has 0 unspecified atom stereocenters. The number of benzene rings is 2. The van der Waals surface area contributed by atoms with Crippen LogP contribution in [0.2, 0.25) is 0 Å². The van der Waals surface area contributed by atoms with Crippen molar-refractivity contribution in [3.05, 3.63) is 89.6 Å². The average Bonchev–Trinajstić information content (AvgIpc) is 2.86. The first-order valence-electron chi connectivity index (χ1n) is 12.1. The molecule has 6 heteroatoms. The standard InChI is InChI=1S/C29H36N4O2/c1-21(24-13-8-10-22(18-24)19-29(2,3)28(34)35)20-33-25(23-11-6-5-7-12-23)15-17-31-26-14-9-16-32-27(26)30-4/h5-14,16,18,21,25,31,33H,4,15,17,19-20H2,1-3H3,(H,34,35)/t21-,25-/m0/s1. The monoisotopic (exact) mass is 472 g/mol. The molecule has 0 saturated carbocycles. The Morgan fingerprint density at radius 3 is 2.54 bits per heavy atom. The van der Waals surface area contributed by atoms with Gasteiger partial charge in [-0.3, -0.25) is 4.79 Å². The zero-order valence-corrected chi connectivity index (χ0v) is 20.9. The predicted octanol–water partition coefficient (Wildman–Crippen LogP) is 6.00. The summed E-state index contributed by atoms with van der Waals surface area (Å²) in [5.74, 6) is 0.104. The first-order valence-corrected chi connectivity index (χ1v) is 12.1. The van der Waals surface area contributed by atoms with E-state index in [-0.39, 0.29) is 12.0 Å². The fourth-order valence-corrected chi connectivity index (χ4v) is 4.12. The van der Waals surface area contributed by atoms with Crippen molar-refractivity contribution in [2.24, 2.45) is 10.4 Å². The van der Waals surface area contributed by atoms with Crippen LogP contribution >= 0.6 is 0 Å². The molecule has 0 aliphatic carbocycles. The number of nitrogens with one attached hydrogen (secondary N) is 2. The minimum absolute atomic E-state index is 0.178. The van der Waals surface area contributed by atoms with Gasteiger partial charge in [0.15, 0.2) is 5.82 Å². The zero-order chi connectivity index (χ0) is 25.3. The van der Waals surface area contributed by atoms with Gasteiger partial charge in [-0.2, -0.15) is 0 Å². The summed E-state index contributed by atoms with van der Waals surface area (Å²) < 4.78 is 0. The lowest BCUT2D eigenvalue weighted by Crippen LogP contribution is -2.28. The van der Waals surface area contributed by atoms with Gasteiger partial charge >= 0.3 is 5.97 Å². The normalized spacial score (nSPS) is 13.1. The van der Waals surface area contributed by atoms with Crippen LogP contribution in [0.25, 0.3) is 0 Å². The third-order valence-electron chi connectivity index (χ3n) is 6.30. The third-order valence-corrected chi connectivity index (χ3v) is 6.30. The van der Waals surface area contributed by atoms with Gasteiger partial charge in [0.05, 0.1) is 11.1 Å². The van der Waals surface area contributed by atoms with Gasteiger partial charge in [0, 0.05) is 25.3 Å². The second-order valence-electron chi connectivity index (χ2n) is 9.63. The maximum absolute atomic E-state index is 11.5. The minimum atomic E-state index is -0.791. The number of carboxylic acids is 1. The van der Waals surface area contributed by atoms with E-state index in [0.717, 1.165) is 30.8 Å². The number of anilines is 1. The van der Waals surface area contributed by atoms with Gasteiger partial charge in [-0.1, -0.05) is 61.5 Å². The predicted molar refractivity (Wildman–Crippen MR) is 144 cm³/mol. The molecule has 1 aromatic heterocycles. The Kier molecular flexibility index (Phi) is 9.15. The van der Waals surface area contributed by atoms with Gasteiger partial charge in [0.2, 0.25) is 0 Å². The van der Waals surface area contributed by atoms with E-state index in [1.54, 1.807) is 20.0 Å². The van der Waals surface area contributed by atoms with Crippen LogP contribution in [-0.2, 0) is 11.2 Å². The summed E-state index contributed by atoms with van der Waals surface area (Å²) in [5, 5.41) is 16.7. The van der Waals surface area contributed by atoms with E-state index in [9.17, 15) is 9.90 Å². The molecule has 3 N–H and O–H groups in total. The number of aliphatic imine (C=N–C) groups is 1. The molecule has 0 radical (unpaired) electrons. The summed E-state index contributed by atoms with van der Waals surface area (Å²) in [6.07, 6.45) is 3.10. The van der Waals surface area contributed by atoms with E-state index in [1.165, 1.54) is 11.1 Å². The van der Waals surface area contributed by atoms with E-state index >= 15 is 0 Å². The topological polar surface area (TPSA) is 86.6 Å². The van der Waals surface area contributed by atoms with Crippen LogP contribution in [0.15, 0.2) is 77.9 Å². The van der Waals surface area contributed by atoms with Crippen LogP contribution in [0.4, 0.5) is 11.5 Å². The van der Waals surface area contributed by atoms with Crippen molar-refractivity contribution < 1.29 is 9.90 Å². The smallest absolute Gasteiger partial charge is 0.309 e. The number of aromatic nitrogens is 1. The van der Waals surface area contributed by atoms with Crippen molar-refractivity contribution in [2.75, 3.05) is 18.4 Å². The van der Waals surface area contributed by atoms with Crippen molar-refractivity contribution in [1.82, 2.24) is 10.3 Å². The quantitative estimate of drug-likeness (QED) is 0.266. The Labute approximate surface area is 208 Å². The van der Waals surface area contributed by atoms with Crippen LogP contribution in [0.5, 0.6) is 0 Å². The molecule has 2 aromatic carbocycles. The molecule has 0 aliphatic heterocycles. The number of carbonyl (C=O) groups is 1. The number of rotatable bonds is 13. The summed E-state index contributed by atoms with van der Waals surface area (Å²) in [7, 11) is 0. The average molecular weight is 473 g/mol. The van der Waals surface area contributed by atoms with E-state index in [2.05, 4.69) is 70.6 Å². The first-order chi connectivity index (χ1) is 16.8. The molecule has 3 aromatic rings. The minimum Gasteiger partial charge on any atom is -0.481 e. The van der Waals surface area contributed by atoms with Crippen LogP contribution in [0, 0.1) is 5.41 Å². The summed E-state index contributed by atoms with van der Waals surface area (Å²) >= 11 is 0. The number of pyridine rings is 1. The van der Waals surface area contributed by atoms with Crippen LogP contribution in [0.1, 0.15) is 55.8 Å². The highest BCUT2D eigenvalue weighted by Crippen LogP contribution is 2.26. The van der Waals surface area contributed by atoms with E-state index in [1.807, 2.05) is 30.3 Å². The van der Waals surface area contributed by atoms with Gasteiger partial charge in [-0.05, 0) is 68.1 Å². The molecular formula is C29H36N4O2. The Morgan fingerprint density at radius 2 is 1.83 bits per heavy atom. The Hall–Kier alpha value is -3.51. The maximum Gasteiger partial charge on any atom is 0.309 e. The van der Waals surface area contributed by atoms with E-state index < -0.39 is 11.4 Å². The fraction of sp³-hybridized carbons (Fsp3) is 0.345. The highest BCUT2D eigenvalue weighted by molar-refractivity contribution is 5.74. The molecule has 3 rings (SSSR count). The van der Waals surface area contributed by atoms with Gasteiger partial charge in [0.1, 0.15) is 0 Å². The van der Waals surface area contributed by atoms with Gasteiger partial charge < -0.3 is 15.7 Å². The molecular weight excluding hydrogens is 436 g/mol. The summed E-state index contributed by atoms with van der Waals surface area (Å²) in [6, 6.07) is 22.8. The van der Waals surface area contributed by atoms with Crippen LogP contribution < -0.4 is 10.6 Å². The van der Waals surface area contributed by atoms with E-state index in [0.29, 0.717) is 12.2 Å². The second-order valence-corrected chi connectivity index (χ2v) is 9.63. The Balaban J connectivity index is 1.65. The largest absolute Gasteiger partial charge is 0.481 e. The zero-order valence-electron chi connectivity index (χ0n) is 20.9. The van der Waals surface area contributed by atoms with Gasteiger partial charge in [-0.15, -0.1) is 0 Å². The van der Waals surface area contributed by atoms with Crippen molar-refractivity contribution in [1.29, 1.82) is 0 Å². The number of hydrogen-bond acceptors (Lipinski definition) is 5. The molecule has 184 valence electrons. The summed E-state index contributed by atoms with van der Waals surface area (Å²) in [5.41, 5.74) is 3.59. The molecule has 6 nitrogen and oxygen atoms in total. The van der Waals surface area contributed by atoms with Gasteiger partial charge in [0.25, 0.3) is 0 Å². The molecule has 35 heavy (non-hydrogen) atoms. The second kappa shape index (κ2) is 12.3. The highest BCUT2D eigenvalue weighted by Gasteiger charge is 2.27. The van der Waals surface area contributed by atoms with Crippen molar-refractivity contribution >= 4 is 24.2 Å². The summed E-state index contributed by atoms with van der Waals surface area (Å²) in [4.78, 5) is 19.8. The highest BCUT2D eigenvalue weighted by atomic mass is 16.4. The van der Waals surface area contributed by atoms with Crippen molar-refractivity contribution in [3.8, 4) is 0 Å². The molecule has 0 fully saturated rings. The number of hydrogen-bond donors (Lipinski definition) is 3. The van der Waals surface area contributed by atoms with Crippen LogP contribution in [-0.4, -0.2) is 35.9 Å². The molecule has 0 spiro atoms. The van der Waals surface area contributed by atoms with Gasteiger partial charge in [-0.25, -0.2) is 9.98 Å². The molecule has 0 aliphatic rings. The lowest BCUT2D eigenvalue weighted by atomic mass is 9.85. The lowest BCUT2D eigenvalue weighted by Gasteiger charge is -2.23. The number of nitrogens with zero attached hydrogens (tertiary/aromatic N) is 2. The van der Waals surface area contributed by atoms with Crippen molar-refractivity contribution in [2.45, 2.75) is 45.6 Å². The SMILES string of the molecule is C=Nc1ncccc1NCC[C@H](NC[C@H](C)c1cccc(CC(C)(C)C(=O)O)c1)c1ccccc1. The number of carboxylic acid groups (broad SMARTS) is 1. The molecule has 0 amide bonds. The van der Waals surface area contributed by atoms with Crippen molar-refractivity contribution in [3.63, 3.8) is 0 Å². The molecule has 2 atom stereocenters.